The highest BCUT2D eigenvalue weighted by Crippen LogP contribution is 2.34. The zero-order chi connectivity index (χ0) is 31.4. The minimum Gasteiger partial charge on any atom is -0.478 e. The molecule has 2 aliphatic rings. The van der Waals surface area contributed by atoms with E-state index in [0.29, 0.717) is 17.2 Å². The zero-order valence-electron chi connectivity index (χ0n) is 26.2. The SMILES string of the molecule is CC(C)c1cnc(N2CCN(Cc3ccc(CN4CCN(c5ncccc5C(=O)O)CC4)cc3)CC2)c(C(=O)O)c1C(C)C. The van der Waals surface area contributed by atoms with E-state index in [1.165, 1.54) is 11.1 Å². The molecule has 0 aliphatic carbocycles. The van der Waals surface area contributed by atoms with Crippen molar-refractivity contribution in [2.45, 2.75) is 52.6 Å². The molecule has 2 N–H and O–H groups in total. The average molecular weight is 601 g/mol. The fraction of sp³-hybridized carbons (Fsp3) is 0.471. The number of nitrogens with zero attached hydrogens (tertiary/aromatic N) is 6. The first-order chi connectivity index (χ1) is 21.1. The first-order valence-electron chi connectivity index (χ1n) is 15.6. The maximum atomic E-state index is 12.4. The first-order valence-corrected chi connectivity index (χ1v) is 15.6. The lowest BCUT2D eigenvalue weighted by Crippen LogP contribution is -2.47. The van der Waals surface area contributed by atoms with Crippen LogP contribution in [0, 0.1) is 0 Å². The summed E-state index contributed by atoms with van der Waals surface area (Å²) in [7, 11) is 0. The molecule has 0 atom stereocenters. The van der Waals surface area contributed by atoms with Crippen molar-refractivity contribution in [1.29, 1.82) is 0 Å². The molecule has 0 spiro atoms. The van der Waals surface area contributed by atoms with Gasteiger partial charge in [-0.2, -0.15) is 0 Å². The van der Waals surface area contributed by atoms with Gasteiger partial charge in [-0.3, -0.25) is 9.80 Å². The third-order valence-corrected chi connectivity index (χ3v) is 8.74. The number of aromatic nitrogens is 2. The molecule has 0 amide bonds. The van der Waals surface area contributed by atoms with Gasteiger partial charge in [0, 0.05) is 77.8 Å². The Hall–Kier alpha value is -4.02. The van der Waals surface area contributed by atoms with Crippen LogP contribution in [0.15, 0.2) is 48.8 Å². The van der Waals surface area contributed by atoms with E-state index < -0.39 is 11.9 Å². The predicted molar refractivity (Wildman–Crippen MR) is 172 cm³/mol. The van der Waals surface area contributed by atoms with Crippen LogP contribution in [-0.2, 0) is 13.1 Å². The van der Waals surface area contributed by atoms with Gasteiger partial charge in [0.1, 0.15) is 22.8 Å². The van der Waals surface area contributed by atoms with Crippen LogP contribution >= 0.6 is 0 Å². The van der Waals surface area contributed by atoms with E-state index in [0.717, 1.165) is 76.6 Å². The Labute approximate surface area is 259 Å². The molecule has 10 heteroatoms. The minimum absolute atomic E-state index is 0.104. The van der Waals surface area contributed by atoms with Crippen LogP contribution in [0.2, 0.25) is 0 Å². The van der Waals surface area contributed by atoms with Crippen LogP contribution in [0.25, 0.3) is 0 Å². The number of benzene rings is 1. The maximum absolute atomic E-state index is 12.4. The second-order valence-corrected chi connectivity index (χ2v) is 12.5. The second kappa shape index (κ2) is 13.7. The fourth-order valence-corrected chi connectivity index (χ4v) is 6.38. The number of rotatable bonds is 10. The fourth-order valence-electron chi connectivity index (χ4n) is 6.38. The molecule has 4 heterocycles. The van der Waals surface area contributed by atoms with Gasteiger partial charge in [-0.05, 0) is 46.2 Å². The highest BCUT2D eigenvalue weighted by atomic mass is 16.4. The summed E-state index contributed by atoms with van der Waals surface area (Å²) in [5.74, 6) is -0.382. The molecular weight excluding hydrogens is 556 g/mol. The second-order valence-electron chi connectivity index (χ2n) is 12.5. The lowest BCUT2D eigenvalue weighted by molar-refractivity contribution is 0.0685. The quantitative estimate of drug-likeness (QED) is 0.338. The van der Waals surface area contributed by atoms with Crippen molar-refractivity contribution in [3.63, 3.8) is 0 Å². The van der Waals surface area contributed by atoms with Gasteiger partial charge in [0.05, 0.1) is 0 Å². The summed E-state index contributed by atoms with van der Waals surface area (Å²) >= 11 is 0. The van der Waals surface area contributed by atoms with Gasteiger partial charge in [0.25, 0.3) is 0 Å². The van der Waals surface area contributed by atoms with Crippen LogP contribution in [0.4, 0.5) is 11.6 Å². The van der Waals surface area contributed by atoms with Crippen LogP contribution in [0.1, 0.15) is 82.5 Å². The Morgan fingerprint density at radius 1 is 0.705 bits per heavy atom. The minimum atomic E-state index is -0.946. The van der Waals surface area contributed by atoms with E-state index >= 15 is 0 Å². The van der Waals surface area contributed by atoms with Crippen LogP contribution in [0.3, 0.4) is 0 Å². The molecule has 2 aromatic heterocycles. The smallest absolute Gasteiger partial charge is 0.339 e. The number of pyridine rings is 2. The first kappa shape index (κ1) is 31.4. The molecule has 5 rings (SSSR count). The van der Waals surface area contributed by atoms with E-state index in [1.807, 2.05) is 6.20 Å². The molecule has 0 bridgehead atoms. The van der Waals surface area contributed by atoms with Gasteiger partial charge in [-0.1, -0.05) is 52.0 Å². The standard InChI is InChI=1S/C34H44N6O4/c1-23(2)28-20-36-32(30(34(43)44)29(28)24(3)4)40-18-14-38(15-19-40)22-26-9-7-25(8-10-26)21-37-12-16-39(17-13-37)31-27(33(41)42)6-5-11-35-31/h5-11,20,23-24H,12-19,21-22H2,1-4H3,(H,41,42)(H,43,44). The van der Waals surface area contributed by atoms with Gasteiger partial charge >= 0.3 is 11.9 Å². The van der Waals surface area contributed by atoms with Crippen molar-refractivity contribution < 1.29 is 19.8 Å². The lowest BCUT2D eigenvalue weighted by atomic mass is 9.88. The Kier molecular flexibility index (Phi) is 9.80. The lowest BCUT2D eigenvalue weighted by Gasteiger charge is -2.37. The van der Waals surface area contributed by atoms with Crippen LogP contribution < -0.4 is 9.80 Å². The number of hydrogen-bond acceptors (Lipinski definition) is 8. The Morgan fingerprint density at radius 3 is 1.68 bits per heavy atom. The van der Waals surface area contributed by atoms with Gasteiger partial charge < -0.3 is 20.0 Å². The van der Waals surface area contributed by atoms with E-state index in [-0.39, 0.29) is 17.4 Å². The number of carboxylic acid groups (broad SMARTS) is 2. The normalized spacial score (nSPS) is 16.6. The molecule has 0 saturated carbocycles. The van der Waals surface area contributed by atoms with Gasteiger partial charge in [0.15, 0.2) is 0 Å². The predicted octanol–water partition coefficient (Wildman–Crippen LogP) is 4.76. The highest BCUT2D eigenvalue weighted by Gasteiger charge is 2.29. The molecule has 2 saturated heterocycles. The molecule has 0 unspecified atom stereocenters. The van der Waals surface area contributed by atoms with Gasteiger partial charge in [-0.25, -0.2) is 19.6 Å². The average Bonchev–Trinajstić information content (AvgIpc) is 3.02. The number of piperazine rings is 2. The van der Waals surface area contributed by atoms with Crippen molar-refractivity contribution in [2.75, 3.05) is 62.2 Å². The van der Waals surface area contributed by atoms with Crippen molar-refractivity contribution >= 4 is 23.6 Å². The molecule has 10 nitrogen and oxygen atoms in total. The largest absolute Gasteiger partial charge is 0.478 e. The topological polar surface area (TPSA) is 113 Å². The molecule has 0 radical (unpaired) electrons. The third-order valence-electron chi connectivity index (χ3n) is 8.74. The summed E-state index contributed by atoms with van der Waals surface area (Å²) in [6, 6.07) is 12.1. The summed E-state index contributed by atoms with van der Waals surface area (Å²) in [5, 5.41) is 19.7. The van der Waals surface area contributed by atoms with Crippen molar-refractivity contribution in [3.8, 4) is 0 Å². The number of carboxylic acids is 2. The monoisotopic (exact) mass is 600 g/mol. The summed E-state index contributed by atoms with van der Waals surface area (Å²) in [5.41, 5.74) is 5.05. The molecule has 234 valence electrons. The maximum Gasteiger partial charge on any atom is 0.339 e. The highest BCUT2D eigenvalue weighted by molar-refractivity contribution is 5.96. The van der Waals surface area contributed by atoms with E-state index in [4.69, 9.17) is 0 Å². The van der Waals surface area contributed by atoms with E-state index in [9.17, 15) is 19.8 Å². The van der Waals surface area contributed by atoms with Crippen LogP contribution in [-0.4, -0.2) is 94.3 Å². The van der Waals surface area contributed by atoms with Crippen molar-refractivity contribution in [3.05, 3.63) is 82.2 Å². The molecule has 1 aromatic carbocycles. The van der Waals surface area contributed by atoms with Crippen molar-refractivity contribution in [1.82, 2.24) is 19.8 Å². The summed E-state index contributed by atoms with van der Waals surface area (Å²) < 4.78 is 0. The van der Waals surface area contributed by atoms with Crippen LogP contribution in [0.5, 0.6) is 0 Å². The molecule has 2 fully saturated rings. The number of hydrogen-bond donors (Lipinski definition) is 2. The summed E-state index contributed by atoms with van der Waals surface area (Å²) in [6.45, 7) is 16.3. The number of aromatic carboxylic acids is 2. The van der Waals surface area contributed by atoms with E-state index in [1.54, 1.807) is 18.3 Å². The molecular formula is C34H44N6O4. The van der Waals surface area contributed by atoms with Gasteiger partial charge in [0.2, 0.25) is 0 Å². The van der Waals surface area contributed by atoms with E-state index in [2.05, 4.69) is 81.5 Å². The number of anilines is 2. The zero-order valence-corrected chi connectivity index (χ0v) is 26.2. The molecule has 3 aromatic rings. The molecule has 44 heavy (non-hydrogen) atoms. The van der Waals surface area contributed by atoms with Gasteiger partial charge in [-0.15, -0.1) is 0 Å². The number of carbonyl (C=O) groups is 2. The molecule has 2 aliphatic heterocycles. The summed E-state index contributed by atoms with van der Waals surface area (Å²) in [6.07, 6.45) is 3.53. The third kappa shape index (κ3) is 7.03. The Morgan fingerprint density at radius 2 is 1.23 bits per heavy atom. The van der Waals surface area contributed by atoms with Crippen molar-refractivity contribution in [2.24, 2.45) is 0 Å². The Balaban J connectivity index is 1.14. The summed E-state index contributed by atoms with van der Waals surface area (Å²) in [4.78, 5) is 42.0. The Bertz CT molecular complexity index is 1460.